The van der Waals surface area contributed by atoms with Crippen LogP contribution in [0.5, 0.6) is 0 Å². The van der Waals surface area contributed by atoms with Gasteiger partial charge in [0.25, 0.3) is 0 Å². The number of rotatable bonds is 8. The van der Waals surface area contributed by atoms with E-state index in [0.29, 0.717) is 6.54 Å². The van der Waals surface area contributed by atoms with Crippen molar-refractivity contribution in [2.24, 2.45) is 12.0 Å². The van der Waals surface area contributed by atoms with Crippen LogP contribution < -0.4 is 5.32 Å². The fourth-order valence-corrected chi connectivity index (χ4v) is 3.28. The molecule has 1 fully saturated rings. The molecule has 0 aliphatic carbocycles. The number of nitrogens with zero attached hydrogens (tertiary/aromatic N) is 6. The maximum absolute atomic E-state index is 5.43. The number of hydrogen-bond donors (Lipinski definition) is 1. The van der Waals surface area contributed by atoms with E-state index >= 15 is 0 Å². The smallest absolute Gasteiger partial charge is 0.194 e. The molecule has 0 bridgehead atoms. The van der Waals surface area contributed by atoms with Gasteiger partial charge in [0.05, 0.1) is 19.5 Å². The number of hydrogen-bond acceptors (Lipinski definition) is 6. The van der Waals surface area contributed by atoms with Crippen molar-refractivity contribution in [2.45, 2.75) is 33.4 Å². The van der Waals surface area contributed by atoms with Gasteiger partial charge in [-0.15, -0.1) is 34.2 Å². The molecule has 30 heavy (non-hydrogen) atoms. The number of morpholine rings is 1. The van der Waals surface area contributed by atoms with E-state index in [4.69, 9.17) is 14.1 Å². The molecule has 1 aliphatic rings. The number of halogens is 1. The molecule has 0 atom stereocenters. The minimum absolute atomic E-state index is 0. The molecule has 3 rings (SSSR count). The van der Waals surface area contributed by atoms with Gasteiger partial charge in [0, 0.05) is 45.8 Å². The lowest BCUT2D eigenvalue weighted by atomic mass is 10.2. The first kappa shape index (κ1) is 24.6. The topological polar surface area (TPSA) is 84.0 Å². The van der Waals surface area contributed by atoms with E-state index < -0.39 is 0 Å². The van der Waals surface area contributed by atoms with Gasteiger partial charge in [0.2, 0.25) is 0 Å². The number of aryl methyl sites for hydroxylation is 2. The fourth-order valence-electron chi connectivity index (χ4n) is 3.28. The number of furan rings is 1. The summed E-state index contributed by atoms with van der Waals surface area (Å²) in [6.45, 7) is 10.8. The highest BCUT2D eigenvalue weighted by Gasteiger charge is 2.13. The van der Waals surface area contributed by atoms with Crippen LogP contribution >= 0.6 is 24.0 Å². The Morgan fingerprint density at radius 3 is 2.67 bits per heavy atom. The van der Waals surface area contributed by atoms with E-state index in [1.54, 1.807) is 6.26 Å². The minimum atomic E-state index is 0. The molecule has 1 aliphatic heterocycles. The van der Waals surface area contributed by atoms with Gasteiger partial charge in [-0.2, -0.15) is 0 Å². The number of nitrogens with one attached hydrogen (secondary N) is 1. The Kier molecular flexibility index (Phi) is 10.1. The number of aromatic nitrogens is 3. The van der Waals surface area contributed by atoms with Crippen LogP contribution in [0.3, 0.4) is 0 Å². The first-order valence-electron chi connectivity index (χ1n) is 10.2. The highest BCUT2D eigenvalue weighted by molar-refractivity contribution is 14.0. The van der Waals surface area contributed by atoms with Gasteiger partial charge in [-0.25, -0.2) is 4.99 Å². The average molecular weight is 531 g/mol. The molecule has 0 radical (unpaired) electrons. The lowest BCUT2D eigenvalue weighted by Gasteiger charge is -2.27. The van der Waals surface area contributed by atoms with Gasteiger partial charge < -0.3 is 23.9 Å². The first-order chi connectivity index (χ1) is 14.0. The van der Waals surface area contributed by atoms with Crippen molar-refractivity contribution < 1.29 is 9.15 Å². The molecule has 10 heteroatoms. The molecule has 0 saturated carbocycles. The third-order valence-corrected chi connectivity index (χ3v) is 5.33. The molecule has 0 aromatic carbocycles. The van der Waals surface area contributed by atoms with Gasteiger partial charge in [-0.05, 0) is 32.9 Å². The molecule has 2 aromatic heterocycles. The van der Waals surface area contributed by atoms with Crippen molar-refractivity contribution >= 4 is 29.9 Å². The molecule has 0 unspecified atom stereocenters. The van der Waals surface area contributed by atoms with Crippen molar-refractivity contribution in [3.05, 3.63) is 35.3 Å². The molecular weight excluding hydrogens is 497 g/mol. The summed E-state index contributed by atoms with van der Waals surface area (Å²) >= 11 is 0. The van der Waals surface area contributed by atoms with Crippen molar-refractivity contribution in [3.63, 3.8) is 0 Å². The largest absolute Gasteiger partial charge is 0.469 e. The third-order valence-electron chi connectivity index (χ3n) is 5.33. The predicted molar refractivity (Wildman–Crippen MR) is 127 cm³/mol. The van der Waals surface area contributed by atoms with Crippen molar-refractivity contribution in [3.8, 4) is 0 Å². The Bertz CT molecular complexity index is 799. The normalized spacial score (nSPS) is 15.1. The lowest BCUT2D eigenvalue weighted by molar-refractivity contribution is 0.0375. The maximum Gasteiger partial charge on any atom is 0.194 e. The second kappa shape index (κ2) is 12.3. The fraction of sp³-hybridized carbons (Fsp3) is 0.650. The lowest BCUT2D eigenvalue weighted by Crippen LogP contribution is -2.41. The summed E-state index contributed by atoms with van der Waals surface area (Å²) in [7, 11) is 4.01. The first-order valence-corrected chi connectivity index (χ1v) is 10.2. The zero-order valence-corrected chi connectivity index (χ0v) is 20.8. The molecule has 0 amide bonds. The monoisotopic (exact) mass is 531 g/mol. The van der Waals surface area contributed by atoms with E-state index in [0.717, 1.165) is 81.3 Å². The minimum Gasteiger partial charge on any atom is -0.469 e. The molecule has 9 nitrogen and oxygen atoms in total. The summed E-state index contributed by atoms with van der Waals surface area (Å²) in [6, 6.07) is 2.01. The van der Waals surface area contributed by atoms with Gasteiger partial charge in [-0.1, -0.05) is 0 Å². The van der Waals surface area contributed by atoms with Crippen LogP contribution in [0, 0.1) is 13.8 Å². The van der Waals surface area contributed by atoms with Crippen LogP contribution in [0.2, 0.25) is 0 Å². The Hall–Kier alpha value is -1.66. The zero-order chi connectivity index (χ0) is 20.6. The van der Waals surface area contributed by atoms with E-state index in [1.807, 2.05) is 38.6 Å². The van der Waals surface area contributed by atoms with E-state index in [1.165, 1.54) is 0 Å². The summed E-state index contributed by atoms with van der Waals surface area (Å²) in [5.41, 5.74) is 1.16. The van der Waals surface area contributed by atoms with Gasteiger partial charge in [-0.3, -0.25) is 4.90 Å². The maximum atomic E-state index is 5.43. The Morgan fingerprint density at radius 2 is 2.03 bits per heavy atom. The summed E-state index contributed by atoms with van der Waals surface area (Å²) in [5.74, 6) is 3.53. The summed E-state index contributed by atoms with van der Waals surface area (Å²) < 4.78 is 12.8. The summed E-state index contributed by atoms with van der Waals surface area (Å²) in [6.07, 6.45) is 2.79. The molecule has 3 heterocycles. The summed E-state index contributed by atoms with van der Waals surface area (Å²) in [5, 5.41) is 11.9. The molecule has 168 valence electrons. The van der Waals surface area contributed by atoms with Crippen LogP contribution in [0.15, 0.2) is 21.7 Å². The number of ether oxygens (including phenoxy) is 1. The molecule has 1 N–H and O–H groups in total. The zero-order valence-electron chi connectivity index (χ0n) is 18.4. The SMILES string of the molecule is Cc1occc1CN(C)C(=NCc1nnc(C)n1C)NCCCN1CCOCC1.I. The summed E-state index contributed by atoms with van der Waals surface area (Å²) in [4.78, 5) is 9.37. The molecule has 1 saturated heterocycles. The van der Waals surface area contributed by atoms with Crippen LogP contribution in [0.25, 0.3) is 0 Å². The van der Waals surface area contributed by atoms with Crippen LogP contribution in [-0.2, 0) is 24.9 Å². The second-order valence-electron chi connectivity index (χ2n) is 7.45. The molecule has 2 aromatic rings. The average Bonchev–Trinajstić information content (AvgIpc) is 3.27. The highest BCUT2D eigenvalue weighted by atomic mass is 127. The third kappa shape index (κ3) is 6.95. The van der Waals surface area contributed by atoms with Gasteiger partial charge in [0.1, 0.15) is 18.1 Å². The molecule has 0 spiro atoms. The number of aliphatic imine (C=N–C) groups is 1. The Labute approximate surface area is 195 Å². The van der Waals surface area contributed by atoms with Crippen molar-refractivity contribution in [2.75, 3.05) is 46.4 Å². The van der Waals surface area contributed by atoms with E-state index in [-0.39, 0.29) is 24.0 Å². The quantitative estimate of drug-likeness (QED) is 0.241. The van der Waals surface area contributed by atoms with Crippen LogP contribution in [0.1, 0.15) is 29.4 Å². The Morgan fingerprint density at radius 1 is 1.27 bits per heavy atom. The standard InChI is InChI=1S/C20H33N7O2.HI/c1-16-18(6-11-29-16)15-25(3)20(22-14-19-24-23-17(2)26(19)4)21-7-5-8-27-9-12-28-13-10-27;/h6,11H,5,7-10,12-15H2,1-4H3,(H,21,22);1H. The van der Waals surface area contributed by atoms with Crippen molar-refractivity contribution in [1.29, 1.82) is 0 Å². The Balaban J connectivity index is 0.00000320. The highest BCUT2D eigenvalue weighted by Crippen LogP contribution is 2.11. The number of guanidine groups is 1. The van der Waals surface area contributed by atoms with E-state index in [9.17, 15) is 0 Å². The van der Waals surface area contributed by atoms with Gasteiger partial charge in [0.15, 0.2) is 11.8 Å². The van der Waals surface area contributed by atoms with Gasteiger partial charge >= 0.3 is 0 Å². The van der Waals surface area contributed by atoms with Crippen LogP contribution in [-0.4, -0.2) is 77.0 Å². The second-order valence-corrected chi connectivity index (χ2v) is 7.45. The van der Waals surface area contributed by atoms with E-state index in [2.05, 4.69) is 25.3 Å². The molecular formula is C20H34IN7O2. The predicted octanol–water partition coefficient (Wildman–Crippen LogP) is 1.94. The van der Waals surface area contributed by atoms with Crippen LogP contribution in [0.4, 0.5) is 0 Å². The van der Waals surface area contributed by atoms with Crippen molar-refractivity contribution in [1.82, 2.24) is 29.9 Å².